The van der Waals surface area contributed by atoms with Crippen molar-refractivity contribution >= 4 is 23.4 Å². The number of nitrogens with zero attached hydrogens (tertiary/aromatic N) is 1. The van der Waals surface area contributed by atoms with Gasteiger partial charge in [0.2, 0.25) is 5.91 Å². The second kappa shape index (κ2) is 7.01. The van der Waals surface area contributed by atoms with E-state index in [1.165, 1.54) is 0 Å². The summed E-state index contributed by atoms with van der Waals surface area (Å²) < 4.78 is 0. The number of allylic oxidation sites excluding steroid dienone is 2. The van der Waals surface area contributed by atoms with Gasteiger partial charge in [0.15, 0.2) is 0 Å². The minimum atomic E-state index is -0.947. The van der Waals surface area contributed by atoms with E-state index >= 15 is 0 Å². The molecule has 7 nitrogen and oxygen atoms in total. The molecule has 0 saturated carbocycles. The van der Waals surface area contributed by atoms with Crippen LogP contribution in [0.1, 0.15) is 38.5 Å². The van der Waals surface area contributed by atoms with Crippen LogP contribution < -0.4 is 5.32 Å². The van der Waals surface area contributed by atoms with Gasteiger partial charge in [0.1, 0.15) is 11.9 Å². The van der Waals surface area contributed by atoms with Gasteiger partial charge in [-0.1, -0.05) is 11.2 Å². The smallest absolute Gasteiger partial charge is 0.305 e. The molecule has 1 aliphatic heterocycles. The molecule has 114 valence electrons. The maximum Gasteiger partial charge on any atom is 0.305 e. The van der Waals surface area contributed by atoms with Crippen molar-refractivity contribution in [3.8, 4) is 0 Å². The first kappa shape index (κ1) is 15.2. The fourth-order valence-corrected chi connectivity index (χ4v) is 2.29. The molecule has 0 aromatic carbocycles. The van der Waals surface area contributed by atoms with Crippen molar-refractivity contribution in [2.24, 2.45) is 5.16 Å². The first-order valence-electron chi connectivity index (χ1n) is 6.97. The van der Waals surface area contributed by atoms with Gasteiger partial charge >= 0.3 is 5.97 Å². The van der Waals surface area contributed by atoms with E-state index in [9.17, 15) is 14.4 Å². The standard InChI is InChI=1S/C14H18N2O5/c17-10-3-1-9(2-4-10)12-7-11(21-16-12)8-13(18)15-6-5-14(19)20/h1,11H,2-8H2,(H,15,18)(H,19,20). The second-order valence-electron chi connectivity index (χ2n) is 5.14. The lowest BCUT2D eigenvalue weighted by Crippen LogP contribution is -2.29. The van der Waals surface area contributed by atoms with Crippen LogP contribution in [0.15, 0.2) is 16.8 Å². The minimum Gasteiger partial charge on any atom is -0.481 e. The number of carboxylic acid groups (broad SMARTS) is 1. The van der Waals surface area contributed by atoms with Crippen LogP contribution in [0.2, 0.25) is 0 Å². The molecule has 2 rings (SSSR count). The zero-order valence-electron chi connectivity index (χ0n) is 11.6. The summed E-state index contributed by atoms with van der Waals surface area (Å²) in [5, 5.41) is 15.0. The second-order valence-corrected chi connectivity index (χ2v) is 5.14. The van der Waals surface area contributed by atoms with Crippen molar-refractivity contribution in [1.29, 1.82) is 0 Å². The van der Waals surface area contributed by atoms with E-state index in [0.717, 1.165) is 11.3 Å². The molecule has 0 aromatic heterocycles. The van der Waals surface area contributed by atoms with Crippen LogP contribution in [-0.4, -0.2) is 41.1 Å². The van der Waals surface area contributed by atoms with E-state index in [1.54, 1.807) is 0 Å². The molecule has 2 aliphatic rings. The van der Waals surface area contributed by atoms with E-state index in [2.05, 4.69) is 10.5 Å². The number of hydrogen-bond donors (Lipinski definition) is 2. The lowest BCUT2D eigenvalue weighted by molar-refractivity contribution is -0.137. The van der Waals surface area contributed by atoms with Crippen molar-refractivity contribution < 1.29 is 24.3 Å². The number of hydrogen-bond acceptors (Lipinski definition) is 5. The Morgan fingerprint density at radius 2 is 2.24 bits per heavy atom. The van der Waals surface area contributed by atoms with Crippen molar-refractivity contribution in [1.82, 2.24) is 5.32 Å². The predicted molar refractivity (Wildman–Crippen MR) is 73.7 cm³/mol. The monoisotopic (exact) mass is 294 g/mol. The van der Waals surface area contributed by atoms with E-state index in [0.29, 0.717) is 25.7 Å². The van der Waals surface area contributed by atoms with Gasteiger partial charge in [0, 0.05) is 25.8 Å². The average Bonchev–Trinajstić information content (AvgIpc) is 2.87. The highest BCUT2D eigenvalue weighted by Crippen LogP contribution is 2.24. The molecular weight excluding hydrogens is 276 g/mol. The van der Waals surface area contributed by atoms with E-state index in [-0.39, 0.29) is 37.2 Å². The summed E-state index contributed by atoms with van der Waals surface area (Å²) in [6.07, 6.45) is 3.82. The number of nitrogens with one attached hydrogen (secondary N) is 1. The summed E-state index contributed by atoms with van der Waals surface area (Å²) in [7, 11) is 0. The van der Waals surface area contributed by atoms with Crippen LogP contribution in [0.5, 0.6) is 0 Å². The Balaban J connectivity index is 1.73. The van der Waals surface area contributed by atoms with E-state index < -0.39 is 5.97 Å². The van der Waals surface area contributed by atoms with Gasteiger partial charge in [0.05, 0.1) is 18.6 Å². The first-order chi connectivity index (χ1) is 10.0. The molecule has 0 fully saturated rings. The molecule has 0 radical (unpaired) electrons. The maximum atomic E-state index is 11.6. The van der Waals surface area contributed by atoms with Gasteiger partial charge in [-0.3, -0.25) is 14.4 Å². The zero-order valence-corrected chi connectivity index (χ0v) is 11.6. The highest BCUT2D eigenvalue weighted by molar-refractivity contribution is 6.03. The topological polar surface area (TPSA) is 105 Å². The van der Waals surface area contributed by atoms with Gasteiger partial charge in [-0.2, -0.15) is 0 Å². The highest BCUT2D eigenvalue weighted by Gasteiger charge is 2.27. The molecule has 0 aromatic rings. The largest absolute Gasteiger partial charge is 0.481 e. The van der Waals surface area contributed by atoms with Crippen LogP contribution in [0, 0.1) is 0 Å². The van der Waals surface area contributed by atoms with Gasteiger partial charge in [-0.15, -0.1) is 0 Å². The molecule has 0 bridgehead atoms. The van der Waals surface area contributed by atoms with E-state index in [1.807, 2.05) is 6.08 Å². The third-order valence-corrected chi connectivity index (χ3v) is 3.43. The van der Waals surface area contributed by atoms with Crippen molar-refractivity contribution in [2.45, 2.75) is 44.6 Å². The lowest BCUT2D eigenvalue weighted by atomic mass is 9.92. The Morgan fingerprint density at radius 1 is 1.43 bits per heavy atom. The molecule has 2 N–H and O–H groups in total. The average molecular weight is 294 g/mol. The number of Topliss-reactive ketones (excluding diaryl/α,β-unsaturated/α-hetero) is 1. The normalized spacial score (nSPS) is 21.3. The van der Waals surface area contributed by atoms with Gasteiger partial charge in [-0.25, -0.2) is 0 Å². The quantitative estimate of drug-likeness (QED) is 0.753. The number of rotatable bonds is 6. The van der Waals surface area contributed by atoms with Crippen molar-refractivity contribution in [2.75, 3.05) is 6.54 Å². The Morgan fingerprint density at radius 3 is 2.90 bits per heavy atom. The summed E-state index contributed by atoms with van der Waals surface area (Å²) in [4.78, 5) is 38.4. The molecule has 1 heterocycles. The van der Waals surface area contributed by atoms with Gasteiger partial charge < -0.3 is 15.3 Å². The highest BCUT2D eigenvalue weighted by atomic mass is 16.6. The first-order valence-corrected chi connectivity index (χ1v) is 6.97. The molecule has 1 amide bonds. The molecule has 1 unspecified atom stereocenters. The summed E-state index contributed by atoms with van der Waals surface area (Å²) in [6.45, 7) is 0.113. The Kier molecular flexibility index (Phi) is 5.08. The third-order valence-electron chi connectivity index (χ3n) is 3.43. The SMILES string of the molecule is O=C(O)CCNC(=O)CC1CC(C2=CCC(=O)CC2)=NO1. The molecule has 0 saturated heterocycles. The summed E-state index contributed by atoms with van der Waals surface area (Å²) in [5.41, 5.74) is 1.84. The van der Waals surface area contributed by atoms with Crippen molar-refractivity contribution in [3.63, 3.8) is 0 Å². The molecular formula is C14H18N2O5. The fraction of sp³-hybridized carbons (Fsp3) is 0.571. The molecule has 0 spiro atoms. The molecule has 1 aliphatic carbocycles. The lowest BCUT2D eigenvalue weighted by Gasteiger charge is -2.11. The van der Waals surface area contributed by atoms with Crippen molar-refractivity contribution in [3.05, 3.63) is 11.6 Å². The number of aliphatic carboxylic acids is 1. The number of amides is 1. The predicted octanol–water partition coefficient (Wildman–Crippen LogP) is 0.792. The van der Waals surface area contributed by atoms with Gasteiger partial charge in [-0.05, 0) is 12.0 Å². The summed E-state index contributed by atoms with van der Waals surface area (Å²) in [5.74, 6) is -0.963. The summed E-state index contributed by atoms with van der Waals surface area (Å²) in [6, 6.07) is 0. The Hall–Kier alpha value is -2.18. The number of oxime groups is 1. The van der Waals surface area contributed by atoms with Crippen LogP contribution in [0.4, 0.5) is 0 Å². The number of carboxylic acids is 1. The zero-order chi connectivity index (χ0) is 15.2. The van der Waals surface area contributed by atoms with Crippen LogP contribution in [0.25, 0.3) is 0 Å². The van der Waals surface area contributed by atoms with E-state index in [4.69, 9.17) is 9.94 Å². The van der Waals surface area contributed by atoms with Gasteiger partial charge in [0.25, 0.3) is 0 Å². The fourth-order valence-electron chi connectivity index (χ4n) is 2.29. The summed E-state index contributed by atoms with van der Waals surface area (Å²) >= 11 is 0. The van der Waals surface area contributed by atoms with Crippen LogP contribution >= 0.6 is 0 Å². The Labute approximate surface area is 122 Å². The minimum absolute atomic E-state index is 0.0973. The maximum absolute atomic E-state index is 11.6. The number of carbonyl (C=O) groups is 3. The number of ketones is 1. The molecule has 7 heteroatoms. The Bertz CT molecular complexity index is 509. The van der Waals surface area contributed by atoms with Crippen LogP contribution in [-0.2, 0) is 19.2 Å². The molecule has 1 atom stereocenters. The van der Waals surface area contributed by atoms with Crippen LogP contribution in [0.3, 0.4) is 0 Å². The number of carbonyl (C=O) groups excluding carboxylic acids is 2. The molecule has 21 heavy (non-hydrogen) atoms. The third kappa shape index (κ3) is 4.70.